The van der Waals surface area contributed by atoms with Gasteiger partial charge in [-0.3, -0.25) is 10.1 Å². The molecule has 0 spiro atoms. The molecule has 1 N–H and O–H groups in total. The van der Waals surface area contributed by atoms with Gasteiger partial charge >= 0.3 is 5.69 Å². The van der Waals surface area contributed by atoms with Crippen molar-refractivity contribution in [2.24, 2.45) is 0 Å². The standard InChI is InChI=1S/C10H10FN3O4S/c1-10(2,6-12)13-19(17,18)7-3-4-9(14(15)16)8(11)5-7/h3-5,13H,1-2H3. The van der Waals surface area contributed by atoms with Gasteiger partial charge in [0.15, 0.2) is 0 Å². The molecule has 7 nitrogen and oxygen atoms in total. The first-order chi connectivity index (χ1) is 8.59. The zero-order chi connectivity index (χ0) is 14.8. The van der Waals surface area contributed by atoms with Crippen LogP contribution in [0.5, 0.6) is 0 Å². The van der Waals surface area contributed by atoms with E-state index in [1.165, 1.54) is 13.8 Å². The number of nitro benzene ring substituents is 1. The molecule has 0 aliphatic carbocycles. The van der Waals surface area contributed by atoms with E-state index in [2.05, 4.69) is 0 Å². The highest BCUT2D eigenvalue weighted by Gasteiger charge is 2.27. The average Bonchev–Trinajstić information content (AvgIpc) is 2.27. The SMILES string of the molecule is CC(C)(C#N)NS(=O)(=O)c1ccc([N+](=O)[O-])c(F)c1. The Labute approximate surface area is 108 Å². The lowest BCUT2D eigenvalue weighted by Crippen LogP contribution is -2.41. The van der Waals surface area contributed by atoms with E-state index in [9.17, 15) is 22.9 Å². The highest BCUT2D eigenvalue weighted by molar-refractivity contribution is 7.89. The molecule has 0 atom stereocenters. The Kier molecular flexibility index (Phi) is 3.88. The van der Waals surface area contributed by atoms with Gasteiger partial charge < -0.3 is 0 Å². The lowest BCUT2D eigenvalue weighted by Gasteiger charge is -2.17. The predicted molar refractivity (Wildman–Crippen MR) is 63.1 cm³/mol. The van der Waals surface area contributed by atoms with Crippen molar-refractivity contribution in [3.8, 4) is 6.07 Å². The Morgan fingerprint density at radius 2 is 2.05 bits per heavy atom. The molecule has 0 unspecified atom stereocenters. The summed E-state index contributed by atoms with van der Waals surface area (Å²) in [6, 6.07) is 3.91. The molecule has 0 aliphatic rings. The van der Waals surface area contributed by atoms with E-state index in [1.807, 2.05) is 4.72 Å². The van der Waals surface area contributed by atoms with E-state index < -0.39 is 36.9 Å². The van der Waals surface area contributed by atoms with Crippen LogP contribution < -0.4 is 4.72 Å². The number of sulfonamides is 1. The van der Waals surface area contributed by atoms with Gasteiger partial charge in [-0.2, -0.15) is 14.4 Å². The smallest absolute Gasteiger partial charge is 0.258 e. The summed E-state index contributed by atoms with van der Waals surface area (Å²) in [7, 11) is -4.13. The molecule has 0 saturated carbocycles. The molecule has 0 heterocycles. The highest BCUT2D eigenvalue weighted by Crippen LogP contribution is 2.21. The Bertz CT molecular complexity index is 664. The molecule has 1 aromatic rings. The molecule has 1 rings (SSSR count). The van der Waals surface area contributed by atoms with E-state index >= 15 is 0 Å². The fraction of sp³-hybridized carbons (Fsp3) is 0.300. The van der Waals surface area contributed by atoms with Gasteiger partial charge in [-0.25, -0.2) is 8.42 Å². The monoisotopic (exact) mass is 287 g/mol. The number of hydrogen-bond donors (Lipinski definition) is 1. The van der Waals surface area contributed by atoms with Crippen molar-refractivity contribution >= 4 is 15.7 Å². The molecule has 9 heteroatoms. The maximum atomic E-state index is 13.3. The fourth-order valence-corrected chi connectivity index (χ4v) is 2.56. The minimum absolute atomic E-state index is 0.487. The largest absolute Gasteiger partial charge is 0.304 e. The van der Waals surface area contributed by atoms with Gasteiger partial charge in [0.25, 0.3) is 0 Å². The van der Waals surface area contributed by atoms with Gasteiger partial charge in [0.2, 0.25) is 15.8 Å². The highest BCUT2D eigenvalue weighted by atomic mass is 32.2. The normalized spacial score (nSPS) is 11.9. The number of nitro groups is 1. The summed E-state index contributed by atoms with van der Waals surface area (Å²) in [4.78, 5) is 8.97. The van der Waals surface area contributed by atoms with Gasteiger partial charge in [-0.15, -0.1) is 0 Å². The lowest BCUT2D eigenvalue weighted by atomic mass is 10.1. The number of hydrogen-bond acceptors (Lipinski definition) is 5. The van der Waals surface area contributed by atoms with Crippen LogP contribution in [-0.2, 0) is 10.0 Å². The first-order valence-electron chi connectivity index (χ1n) is 4.98. The molecule has 19 heavy (non-hydrogen) atoms. The minimum atomic E-state index is -4.13. The molecule has 1 aromatic carbocycles. The van der Waals surface area contributed by atoms with Crippen LogP contribution in [0, 0.1) is 27.3 Å². The topological polar surface area (TPSA) is 113 Å². The van der Waals surface area contributed by atoms with Crippen LogP contribution in [0.15, 0.2) is 23.1 Å². The van der Waals surface area contributed by atoms with E-state index in [0.717, 1.165) is 12.1 Å². The molecule has 0 fully saturated rings. The van der Waals surface area contributed by atoms with Crippen molar-refractivity contribution in [3.63, 3.8) is 0 Å². The number of rotatable bonds is 4. The first kappa shape index (κ1) is 15.0. The summed E-state index contributed by atoms with van der Waals surface area (Å²) < 4.78 is 39.1. The van der Waals surface area contributed by atoms with Gasteiger partial charge in [0.05, 0.1) is 15.9 Å². The minimum Gasteiger partial charge on any atom is -0.258 e. The van der Waals surface area contributed by atoms with Crippen LogP contribution in [0.2, 0.25) is 0 Å². The maximum absolute atomic E-state index is 13.3. The summed E-state index contributed by atoms with van der Waals surface area (Å²) >= 11 is 0. The van der Waals surface area contributed by atoms with E-state index in [4.69, 9.17) is 5.26 Å². The Balaban J connectivity index is 3.22. The third-order valence-corrected chi connectivity index (χ3v) is 3.75. The first-order valence-corrected chi connectivity index (χ1v) is 6.46. The van der Waals surface area contributed by atoms with Crippen LogP contribution >= 0.6 is 0 Å². The van der Waals surface area contributed by atoms with Crippen molar-refractivity contribution in [1.82, 2.24) is 4.72 Å². The summed E-state index contributed by atoms with van der Waals surface area (Å²) in [5.41, 5.74) is -2.20. The van der Waals surface area contributed by atoms with Gasteiger partial charge in [-0.05, 0) is 19.9 Å². The van der Waals surface area contributed by atoms with E-state index in [-0.39, 0.29) is 0 Å². The lowest BCUT2D eigenvalue weighted by molar-refractivity contribution is -0.387. The number of nitrogens with one attached hydrogen (secondary N) is 1. The Hall–Kier alpha value is -2.05. The molecule has 0 aliphatic heterocycles. The molecule has 0 bridgehead atoms. The van der Waals surface area contributed by atoms with Gasteiger partial charge in [0.1, 0.15) is 5.54 Å². The Morgan fingerprint density at radius 1 is 1.47 bits per heavy atom. The van der Waals surface area contributed by atoms with Crippen molar-refractivity contribution in [2.75, 3.05) is 0 Å². The third kappa shape index (κ3) is 3.46. The second-order valence-corrected chi connectivity index (χ2v) is 5.90. The fourth-order valence-electron chi connectivity index (χ4n) is 1.22. The molecule has 102 valence electrons. The van der Waals surface area contributed by atoms with E-state index in [0.29, 0.717) is 6.07 Å². The van der Waals surface area contributed by atoms with Crippen molar-refractivity contribution in [1.29, 1.82) is 5.26 Å². The van der Waals surface area contributed by atoms with E-state index in [1.54, 1.807) is 6.07 Å². The predicted octanol–water partition coefficient (Wildman–Crippen LogP) is 1.31. The number of nitrogens with zero attached hydrogens (tertiary/aromatic N) is 2. The molecule has 0 radical (unpaired) electrons. The zero-order valence-corrected chi connectivity index (χ0v) is 10.9. The zero-order valence-electron chi connectivity index (χ0n) is 10.0. The third-order valence-electron chi connectivity index (χ3n) is 2.10. The van der Waals surface area contributed by atoms with Crippen LogP contribution in [0.25, 0.3) is 0 Å². The average molecular weight is 287 g/mol. The number of benzene rings is 1. The van der Waals surface area contributed by atoms with Gasteiger partial charge in [-0.1, -0.05) is 0 Å². The van der Waals surface area contributed by atoms with Crippen molar-refractivity contribution < 1.29 is 17.7 Å². The maximum Gasteiger partial charge on any atom is 0.304 e. The van der Waals surface area contributed by atoms with Crippen molar-refractivity contribution in [2.45, 2.75) is 24.3 Å². The summed E-state index contributed by atoms with van der Waals surface area (Å²) in [5.74, 6) is -1.26. The summed E-state index contributed by atoms with van der Waals surface area (Å²) in [6.07, 6.45) is 0. The second kappa shape index (κ2) is 4.91. The van der Waals surface area contributed by atoms with Crippen LogP contribution in [-0.4, -0.2) is 18.9 Å². The van der Waals surface area contributed by atoms with Gasteiger partial charge in [0, 0.05) is 12.1 Å². The van der Waals surface area contributed by atoms with Crippen molar-refractivity contribution in [3.05, 3.63) is 34.1 Å². The molecule has 0 amide bonds. The quantitative estimate of drug-likeness (QED) is 0.662. The summed E-state index contributed by atoms with van der Waals surface area (Å²) in [5, 5.41) is 19.2. The van der Waals surface area contributed by atoms with Crippen LogP contribution in [0.4, 0.5) is 10.1 Å². The van der Waals surface area contributed by atoms with Crippen LogP contribution in [0.1, 0.15) is 13.8 Å². The molecule has 0 aromatic heterocycles. The molecular formula is C10H10FN3O4S. The number of nitriles is 1. The Morgan fingerprint density at radius 3 is 2.47 bits per heavy atom. The summed E-state index contributed by atoms with van der Waals surface area (Å²) in [6.45, 7) is 2.65. The second-order valence-electron chi connectivity index (χ2n) is 4.21. The van der Waals surface area contributed by atoms with Crippen LogP contribution in [0.3, 0.4) is 0 Å². The molecular weight excluding hydrogens is 277 g/mol. The number of halogens is 1. The molecule has 0 saturated heterocycles.